The first-order valence-electron chi connectivity index (χ1n) is 4.73. The maximum absolute atomic E-state index is 11.5. The summed E-state index contributed by atoms with van der Waals surface area (Å²) >= 11 is 3.40. The third-order valence-electron chi connectivity index (χ3n) is 2.41. The van der Waals surface area contributed by atoms with Crippen LogP contribution in [0, 0.1) is 0 Å². The van der Waals surface area contributed by atoms with E-state index in [9.17, 15) is 9.90 Å². The summed E-state index contributed by atoms with van der Waals surface area (Å²) in [5.74, 6) is -0.0288. The second-order valence-electron chi connectivity index (χ2n) is 3.64. The van der Waals surface area contributed by atoms with Crippen molar-refractivity contribution in [3.8, 4) is 0 Å². The van der Waals surface area contributed by atoms with E-state index in [1.165, 1.54) is 7.11 Å². The fraction of sp³-hybridized carbons (Fsp3) is 0.889. The molecule has 82 valence electrons. The number of carbonyl (C=O) groups excluding carboxylic acids is 1. The van der Waals surface area contributed by atoms with Gasteiger partial charge in [-0.05, 0) is 19.3 Å². The van der Waals surface area contributed by atoms with Crippen LogP contribution in [0.5, 0.6) is 0 Å². The van der Waals surface area contributed by atoms with E-state index in [0.717, 1.165) is 19.3 Å². The molecule has 0 spiro atoms. The molecular weight excluding hydrogens is 250 g/mol. The highest BCUT2D eigenvalue weighted by Crippen LogP contribution is 2.40. The molecule has 0 aromatic rings. The quantitative estimate of drug-likeness (QED) is 0.709. The Morgan fingerprint density at radius 3 is 2.79 bits per heavy atom. The molecule has 1 saturated carbocycles. The number of methoxy groups -OCH3 is 1. The van der Waals surface area contributed by atoms with E-state index < -0.39 is 6.10 Å². The molecule has 0 bridgehead atoms. The number of hydrogen-bond acceptors (Lipinski definition) is 3. The SMILES string of the molecule is COCC(O)CNC(=O)C1(Br)CCC1. The molecule has 0 radical (unpaired) electrons. The van der Waals surface area contributed by atoms with Gasteiger partial charge in [0.05, 0.1) is 12.7 Å². The zero-order valence-corrected chi connectivity index (χ0v) is 9.84. The fourth-order valence-electron chi connectivity index (χ4n) is 1.33. The molecule has 1 aliphatic carbocycles. The first-order chi connectivity index (χ1) is 6.58. The maximum atomic E-state index is 11.5. The Balaban J connectivity index is 2.20. The van der Waals surface area contributed by atoms with E-state index in [4.69, 9.17) is 4.74 Å². The van der Waals surface area contributed by atoms with E-state index in [2.05, 4.69) is 21.2 Å². The lowest BCUT2D eigenvalue weighted by Crippen LogP contribution is -2.49. The topological polar surface area (TPSA) is 58.6 Å². The first-order valence-corrected chi connectivity index (χ1v) is 5.52. The number of nitrogens with one attached hydrogen (secondary N) is 1. The third-order valence-corrected chi connectivity index (χ3v) is 3.56. The summed E-state index contributed by atoms with van der Waals surface area (Å²) in [7, 11) is 1.52. The Hall–Kier alpha value is -0.130. The van der Waals surface area contributed by atoms with E-state index in [1.54, 1.807) is 0 Å². The molecular formula is C9H16BrNO3. The molecule has 1 amide bonds. The van der Waals surface area contributed by atoms with Gasteiger partial charge in [0.25, 0.3) is 0 Å². The lowest BCUT2D eigenvalue weighted by molar-refractivity contribution is -0.125. The van der Waals surface area contributed by atoms with Gasteiger partial charge in [-0.1, -0.05) is 15.9 Å². The molecule has 4 nitrogen and oxygen atoms in total. The largest absolute Gasteiger partial charge is 0.389 e. The van der Waals surface area contributed by atoms with E-state index >= 15 is 0 Å². The Kier molecular flexibility index (Phi) is 4.34. The van der Waals surface area contributed by atoms with Crippen molar-refractivity contribution in [3.05, 3.63) is 0 Å². The van der Waals surface area contributed by atoms with Gasteiger partial charge in [0.15, 0.2) is 0 Å². The van der Waals surface area contributed by atoms with E-state index in [1.807, 2.05) is 0 Å². The van der Waals surface area contributed by atoms with Gasteiger partial charge in [-0.15, -0.1) is 0 Å². The Bertz CT molecular complexity index is 206. The molecule has 1 rings (SSSR count). The Morgan fingerprint density at radius 1 is 1.71 bits per heavy atom. The van der Waals surface area contributed by atoms with Gasteiger partial charge in [0, 0.05) is 13.7 Å². The minimum Gasteiger partial charge on any atom is -0.389 e. The van der Waals surface area contributed by atoms with Gasteiger partial charge in [-0.3, -0.25) is 4.79 Å². The summed E-state index contributed by atoms with van der Waals surface area (Å²) in [6.07, 6.45) is 2.21. The van der Waals surface area contributed by atoms with Crippen LogP contribution in [0.4, 0.5) is 0 Å². The zero-order chi connectivity index (χ0) is 10.6. The number of halogens is 1. The van der Waals surface area contributed by atoms with Gasteiger partial charge in [-0.25, -0.2) is 0 Å². The summed E-state index contributed by atoms with van der Waals surface area (Å²) in [6.45, 7) is 0.496. The van der Waals surface area contributed by atoms with Crippen molar-refractivity contribution >= 4 is 21.8 Å². The van der Waals surface area contributed by atoms with Crippen LogP contribution in [0.25, 0.3) is 0 Å². The number of aliphatic hydroxyl groups excluding tert-OH is 1. The van der Waals surface area contributed by atoms with Crippen LogP contribution in [0.15, 0.2) is 0 Å². The third kappa shape index (κ3) is 2.93. The molecule has 1 unspecified atom stereocenters. The van der Waals surface area contributed by atoms with Crippen LogP contribution in [0.1, 0.15) is 19.3 Å². The predicted molar refractivity (Wildman–Crippen MR) is 56.4 cm³/mol. The van der Waals surface area contributed by atoms with Gasteiger partial charge in [0.1, 0.15) is 4.32 Å². The van der Waals surface area contributed by atoms with Crippen LogP contribution >= 0.6 is 15.9 Å². The lowest BCUT2D eigenvalue weighted by atomic mass is 9.84. The summed E-state index contributed by atoms with van der Waals surface area (Å²) in [5, 5.41) is 12.0. The average Bonchev–Trinajstić information content (AvgIpc) is 2.11. The molecule has 0 saturated heterocycles. The fourth-order valence-corrected chi connectivity index (χ4v) is 2.04. The molecule has 0 aliphatic heterocycles. The van der Waals surface area contributed by atoms with Crippen molar-refractivity contribution in [1.82, 2.24) is 5.32 Å². The molecule has 14 heavy (non-hydrogen) atoms. The van der Waals surface area contributed by atoms with Crippen LogP contribution in [0.2, 0.25) is 0 Å². The van der Waals surface area contributed by atoms with Crippen molar-refractivity contribution in [3.63, 3.8) is 0 Å². The van der Waals surface area contributed by atoms with Crippen molar-refractivity contribution in [2.75, 3.05) is 20.3 Å². The smallest absolute Gasteiger partial charge is 0.236 e. The van der Waals surface area contributed by atoms with Gasteiger partial charge < -0.3 is 15.2 Å². The number of ether oxygens (including phenoxy) is 1. The van der Waals surface area contributed by atoms with E-state index in [-0.39, 0.29) is 23.4 Å². The highest BCUT2D eigenvalue weighted by atomic mass is 79.9. The molecule has 1 fully saturated rings. The number of amides is 1. The van der Waals surface area contributed by atoms with Crippen molar-refractivity contribution in [2.24, 2.45) is 0 Å². The maximum Gasteiger partial charge on any atom is 0.236 e. The van der Waals surface area contributed by atoms with Crippen LogP contribution in [0.3, 0.4) is 0 Å². The van der Waals surface area contributed by atoms with Crippen LogP contribution in [-0.4, -0.2) is 41.7 Å². The Labute approximate surface area is 92.1 Å². The molecule has 0 heterocycles. The molecule has 0 aromatic carbocycles. The summed E-state index contributed by atoms with van der Waals surface area (Å²) in [4.78, 5) is 11.5. The predicted octanol–water partition coefficient (Wildman–Crippen LogP) is 0.427. The highest BCUT2D eigenvalue weighted by molar-refractivity contribution is 9.10. The summed E-state index contributed by atoms with van der Waals surface area (Å²) < 4.78 is 4.37. The number of alkyl halides is 1. The number of aliphatic hydroxyl groups is 1. The molecule has 1 atom stereocenters. The number of carbonyl (C=O) groups is 1. The minimum atomic E-state index is -0.625. The van der Waals surface area contributed by atoms with E-state index in [0.29, 0.717) is 0 Å². The summed E-state index contributed by atoms with van der Waals surface area (Å²) in [6, 6.07) is 0. The van der Waals surface area contributed by atoms with Gasteiger partial charge in [-0.2, -0.15) is 0 Å². The molecule has 2 N–H and O–H groups in total. The standard InChI is InChI=1S/C9H16BrNO3/c1-14-6-7(12)5-11-8(13)9(10)3-2-4-9/h7,12H,2-6H2,1H3,(H,11,13). The van der Waals surface area contributed by atoms with Crippen molar-refractivity contribution in [1.29, 1.82) is 0 Å². The molecule has 0 aromatic heterocycles. The van der Waals surface area contributed by atoms with Crippen LogP contribution < -0.4 is 5.32 Å². The summed E-state index contributed by atoms with van der Waals surface area (Å²) in [5.41, 5.74) is 0. The Morgan fingerprint density at radius 2 is 2.36 bits per heavy atom. The van der Waals surface area contributed by atoms with Gasteiger partial charge in [0.2, 0.25) is 5.91 Å². The highest BCUT2D eigenvalue weighted by Gasteiger charge is 2.41. The monoisotopic (exact) mass is 265 g/mol. The van der Waals surface area contributed by atoms with Crippen molar-refractivity contribution in [2.45, 2.75) is 29.7 Å². The lowest BCUT2D eigenvalue weighted by Gasteiger charge is -2.34. The van der Waals surface area contributed by atoms with Crippen LogP contribution in [-0.2, 0) is 9.53 Å². The number of rotatable bonds is 5. The zero-order valence-electron chi connectivity index (χ0n) is 8.25. The minimum absolute atomic E-state index is 0.0288. The van der Waals surface area contributed by atoms with Gasteiger partial charge >= 0.3 is 0 Å². The normalized spacial score (nSPS) is 21.1. The second-order valence-corrected chi connectivity index (χ2v) is 5.16. The molecule has 5 heteroatoms. The molecule has 1 aliphatic rings. The second kappa shape index (κ2) is 5.09. The average molecular weight is 266 g/mol. The van der Waals surface area contributed by atoms with Crippen molar-refractivity contribution < 1.29 is 14.6 Å². The number of hydrogen-bond donors (Lipinski definition) is 2. The first kappa shape index (κ1) is 11.9.